The summed E-state index contributed by atoms with van der Waals surface area (Å²) in [6, 6.07) is 0. The van der Waals surface area contributed by atoms with Crippen LogP contribution >= 0.6 is 0 Å². The summed E-state index contributed by atoms with van der Waals surface area (Å²) >= 11 is 0. The van der Waals surface area contributed by atoms with Gasteiger partial charge in [-0.3, -0.25) is 14.4 Å². The third-order valence-electron chi connectivity index (χ3n) is 12.0. The topological polar surface area (TPSA) is 78.9 Å². The largest absolute Gasteiger partial charge is 0.462 e. The Labute approximate surface area is 402 Å². The molecule has 376 valence electrons. The Kier molecular flexibility index (Phi) is 51.3. The molecule has 0 N–H and O–H groups in total. The van der Waals surface area contributed by atoms with Gasteiger partial charge >= 0.3 is 17.9 Å². The molecule has 0 saturated heterocycles. The second-order valence-corrected chi connectivity index (χ2v) is 18.5. The zero-order valence-corrected chi connectivity index (χ0v) is 43.0. The summed E-state index contributed by atoms with van der Waals surface area (Å²) in [5.74, 6) is -0.891. The van der Waals surface area contributed by atoms with Gasteiger partial charge in [0.1, 0.15) is 13.2 Å². The summed E-state index contributed by atoms with van der Waals surface area (Å²) < 4.78 is 16.8. The molecule has 65 heavy (non-hydrogen) atoms. The number of carbonyl (C=O) groups excluding carboxylic acids is 3. The fourth-order valence-corrected chi connectivity index (χ4v) is 7.84. The van der Waals surface area contributed by atoms with Gasteiger partial charge in [0.2, 0.25) is 0 Å². The molecule has 1 atom stereocenters. The SMILES string of the molecule is CC/C=C\C/C=C\C/C=C\CCCCCCCCC(=O)OC(COC(=O)CCCCCCCCC/C=C\C/C=C\CCCCC)COC(=O)CCCCCCCCCCCCCCCC. The van der Waals surface area contributed by atoms with Crippen LogP contribution in [0.3, 0.4) is 0 Å². The van der Waals surface area contributed by atoms with Crippen molar-refractivity contribution < 1.29 is 28.6 Å². The lowest BCUT2D eigenvalue weighted by Crippen LogP contribution is -2.30. The van der Waals surface area contributed by atoms with Crippen LogP contribution in [-0.2, 0) is 28.6 Å². The highest BCUT2D eigenvalue weighted by Crippen LogP contribution is 2.16. The zero-order chi connectivity index (χ0) is 47.2. The molecule has 6 nitrogen and oxygen atoms in total. The first-order valence-electron chi connectivity index (χ1n) is 27.8. The predicted octanol–water partition coefficient (Wildman–Crippen LogP) is 18.4. The fraction of sp³-hybridized carbons (Fsp3) is 0.780. The molecular weight excluding hydrogens is 805 g/mol. The molecule has 0 aliphatic carbocycles. The third-order valence-corrected chi connectivity index (χ3v) is 12.0. The van der Waals surface area contributed by atoms with Crippen molar-refractivity contribution in [3.8, 4) is 0 Å². The van der Waals surface area contributed by atoms with Crippen molar-refractivity contribution in [2.24, 2.45) is 0 Å². The summed E-state index contributed by atoms with van der Waals surface area (Å²) in [7, 11) is 0. The van der Waals surface area contributed by atoms with E-state index in [1.165, 1.54) is 135 Å². The third kappa shape index (κ3) is 51.9. The molecule has 1 unspecified atom stereocenters. The Morgan fingerprint density at radius 2 is 0.600 bits per heavy atom. The Morgan fingerprint density at radius 1 is 0.323 bits per heavy atom. The molecule has 0 amide bonds. The molecule has 0 fully saturated rings. The molecule has 0 aliphatic rings. The van der Waals surface area contributed by atoms with Crippen molar-refractivity contribution in [1.82, 2.24) is 0 Å². The van der Waals surface area contributed by atoms with E-state index in [0.29, 0.717) is 19.3 Å². The summed E-state index contributed by atoms with van der Waals surface area (Å²) in [6.45, 7) is 6.51. The van der Waals surface area contributed by atoms with E-state index in [2.05, 4.69) is 81.5 Å². The molecule has 0 aromatic rings. The maximum absolute atomic E-state index is 12.8. The Balaban J connectivity index is 4.39. The minimum atomic E-state index is -0.782. The van der Waals surface area contributed by atoms with Gasteiger partial charge in [0.15, 0.2) is 6.10 Å². The number of hydrogen-bond donors (Lipinski definition) is 0. The molecule has 6 heteroatoms. The monoisotopic (exact) mass is 909 g/mol. The van der Waals surface area contributed by atoms with Gasteiger partial charge in [-0.05, 0) is 83.5 Å². The van der Waals surface area contributed by atoms with E-state index in [0.717, 1.165) is 103 Å². The average molecular weight is 909 g/mol. The van der Waals surface area contributed by atoms with Crippen LogP contribution in [0.5, 0.6) is 0 Å². The maximum Gasteiger partial charge on any atom is 0.306 e. The lowest BCUT2D eigenvalue weighted by atomic mass is 10.0. The Bertz CT molecular complexity index is 1180. The fourth-order valence-electron chi connectivity index (χ4n) is 7.84. The Hall–Kier alpha value is -2.89. The minimum Gasteiger partial charge on any atom is -0.462 e. The normalized spacial score (nSPS) is 12.5. The number of esters is 3. The second kappa shape index (κ2) is 53.7. The number of unbranched alkanes of at least 4 members (excludes halogenated alkanes) is 29. The molecule has 0 radical (unpaired) electrons. The van der Waals surface area contributed by atoms with Gasteiger partial charge < -0.3 is 14.2 Å². The molecule has 0 aromatic heterocycles. The molecule has 0 heterocycles. The van der Waals surface area contributed by atoms with Gasteiger partial charge in [0, 0.05) is 19.3 Å². The summed E-state index contributed by atoms with van der Waals surface area (Å²) in [6.07, 6.45) is 66.3. The van der Waals surface area contributed by atoms with Crippen LogP contribution in [0.4, 0.5) is 0 Å². The molecule has 0 rings (SSSR count). The Morgan fingerprint density at radius 3 is 0.969 bits per heavy atom. The molecule has 0 aliphatic heterocycles. The highest BCUT2D eigenvalue weighted by Gasteiger charge is 2.19. The minimum absolute atomic E-state index is 0.0799. The number of carbonyl (C=O) groups is 3. The summed E-state index contributed by atoms with van der Waals surface area (Å²) in [5.41, 5.74) is 0. The van der Waals surface area contributed by atoms with Crippen LogP contribution in [0, 0.1) is 0 Å². The van der Waals surface area contributed by atoms with Gasteiger partial charge in [-0.1, -0.05) is 236 Å². The first-order valence-corrected chi connectivity index (χ1v) is 27.8. The number of ether oxygens (including phenoxy) is 3. The van der Waals surface area contributed by atoms with Crippen molar-refractivity contribution in [2.45, 2.75) is 284 Å². The first-order chi connectivity index (χ1) is 32.0. The maximum atomic E-state index is 12.8. The number of allylic oxidation sites excluding steroid dienone is 10. The van der Waals surface area contributed by atoms with Gasteiger partial charge in [0.25, 0.3) is 0 Å². The van der Waals surface area contributed by atoms with Crippen LogP contribution in [-0.4, -0.2) is 37.2 Å². The van der Waals surface area contributed by atoms with Crippen LogP contribution in [0.25, 0.3) is 0 Å². The van der Waals surface area contributed by atoms with Gasteiger partial charge in [-0.2, -0.15) is 0 Å². The van der Waals surface area contributed by atoms with Crippen molar-refractivity contribution in [2.75, 3.05) is 13.2 Å². The predicted molar refractivity (Wildman–Crippen MR) is 279 cm³/mol. The summed E-state index contributed by atoms with van der Waals surface area (Å²) in [5, 5.41) is 0. The molecule has 0 bridgehead atoms. The van der Waals surface area contributed by atoms with Gasteiger partial charge in [-0.25, -0.2) is 0 Å². The number of rotatable bonds is 50. The lowest BCUT2D eigenvalue weighted by molar-refractivity contribution is -0.167. The lowest BCUT2D eigenvalue weighted by Gasteiger charge is -2.18. The van der Waals surface area contributed by atoms with E-state index in [9.17, 15) is 14.4 Å². The van der Waals surface area contributed by atoms with E-state index in [1.807, 2.05) is 0 Å². The van der Waals surface area contributed by atoms with Crippen molar-refractivity contribution >= 4 is 17.9 Å². The first kappa shape index (κ1) is 62.1. The summed E-state index contributed by atoms with van der Waals surface area (Å²) in [4.78, 5) is 38.1. The van der Waals surface area contributed by atoms with E-state index in [1.54, 1.807) is 0 Å². The van der Waals surface area contributed by atoms with E-state index >= 15 is 0 Å². The molecule has 0 saturated carbocycles. The molecular formula is C59H104O6. The van der Waals surface area contributed by atoms with Gasteiger partial charge in [-0.15, -0.1) is 0 Å². The van der Waals surface area contributed by atoms with E-state index in [4.69, 9.17) is 14.2 Å². The van der Waals surface area contributed by atoms with Crippen molar-refractivity contribution in [3.63, 3.8) is 0 Å². The molecule has 0 spiro atoms. The standard InChI is InChI=1S/C59H104O6/c1-4-7-10-13-16-19-22-25-28-30-32-34-37-40-43-46-49-52-58(61)64-55-56(54-63-57(60)51-48-45-42-39-36-33-27-24-21-18-15-12-9-6-3)65-59(62)53-50-47-44-41-38-35-31-29-26-23-20-17-14-11-8-5-2/h8,11,16-17,19-20,25-26,28-29,56H,4-7,9-10,12-15,18,21-24,27,30-55H2,1-3H3/b11-8-,19-16-,20-17-,28-25-,29-26-. The van der Waals surface area contributed by atoms with Crippen LogP contribution in [0.1, 0.15) is 278 Å². The average Bonchev–Trinajstić information content (AvgIpc) is 3.30. The van der Waals surface area contributed by atoms with Crippen LogP contribution < -0.4 is 0 Å². The van der Waals surface area contributed by atoms with Crippen molar-refractivity contribution in [3.05, 3.63) is 60.8 Å². The van der Waals surface area contributed by atoms with E-state index in [-0.39, 0.29) is 31.1 Å². The van der Waals surface area contributed by atoms with Crippen molar-refractivity contribution in [1.29, 1.82) is 0 Å². The van der Waals surface area contributed by atoms with Gasteiger partial charge in [0.05, 0.1) is 0 Å². The highest BCUT2D eigenvalue weighted by molar-refractivity contribution is 5.71. The van der Waals surface area contributed by atoms with Crippen LogP contribution in [0.15, 0.2) is 60.8 Å². The quantitative estimate of drug-likeness (QED) is 0.0262. The zero-order valence-electron chi connectivity index (χ0n) is 43.0. The smallest absolute Gasteiger partial charge is 0.306 e. The van der Waals surface area contributed by atoms with E-state index < -0.39 is 6.10 Å². The second-order valence-electron chi connectivity index (χ2n) is 18.5. The highest BCUT2D eigenvalue weighted by atomic mass is 16.6. The van der Waals surface area contributed by atoms with Crippen LogP contribution in [0.2, 0.25) is 0 Å². The number of hydrogen-bond acceptors (Lipinski definition) is 6. The molecule has 0 aromatic carbocycles.